The maximum absolute atomic E-state index is 13.6. The molecule has 0 aliphatic rings. The highest BCUT2D eigenvalue weighted by Gasteiger charge is 2.18. The van der Waals surface area contributed by atoms with Gasteiger partial charge in [-0.2, -0.15) is 15.3 Å². The molecule has 0 aliphatic carbocycles. The van der Waals surface area contributed by atoms with Gasteiger partial charge in [0.25, 0.3) is 0 Å². The number of rotatable bonds is 6. The van der Waals surface area contributed by atoms with Crippen molar-refractivity contribution in [3.05, 3.63) is 85.5 Å². The molecular weight excluding hydrogens is 496 g/mol. The van der Waals surface area contributed by atoms with Crippen LogP contribution in [0.5, 0.6) is 0 Å². The van der Waals surface area contributed by atoms with Crippen LogP contribution in [0, 0.1) is 0 Å². The second-order valence-corrected chi connectivity index (χ2v) is 10.2. The monoisotopic (exact) mass is 520 g/mol. The van der Waals surface area contributed by atoms with Crippen molar-refractivity contribution in [3.63, 3.8) is 0 Å². The van der Waals surface area contributed by atoms with Gasteiger partial charge in [-0.05, 0) is 28.7 Å². The molecule has 0 saturated carbocycles. The standard InChI is InChI=1S/C24H25ClN10O2/c1-24(2,3)16-7-5-14(6-8-16)11-34-21(26-19-9-15-12-33(4)30-18(15)10-17(19)25)27-22(36)35(23(34)37)13-20-28-31-32-29-20/h5-10,12H,11,13H2,1-4H3,(H,26,27,36)(H,28,29,31,32). The van der Waals surface area contributed by atoms with Crippen LogP contribution in [0.15, 0.2) is 52.2 Å². The Kier molecular flexibility index (Phi) is 6.12. The Balaban J connectivity index is 1.59. The van der Waals surface area contributed by atoms with Crippen molar-refractivity contribution in [1.29, 1.82) is 0 Å². The average molecular weight is 521 g/mol. The highest BCUT2D eigenvalue weighted by atomic mass is 35.5. The third kappa shape index (κ3) is 5.00. The molecule has 3 heterocycles. The van der Waals surface area contributed by atoms with E-state index in [0.29, 0.717) is 10.7 Å². The molecule has 37 heavy (non-hydrogen) atoms. The van der Waals surface area contributed by atoms with Crippen LogP contribution in [-0.4, -0.2) is 44.5 Å². The molecule has 0 fully saturated rings. The van der Waals surface area contributed by atoms with E-state index in [9.17, 15) is 9.59 Å². The number of fused-ring (bicyclic) bond motifs is 1. The van der Waals surface area contributed by atoms with E-state index in [1.165, 1.54) is 10.1 Å². The van der Waals surface area contributed by atoms with Gasteiger partial charge in [-0.15, -0.1) is 10.2 Å². The van der Waals surface area contributed by atoms with Crippen molar-refractivity contribution in [2.45, 2.75) is 39.3 Å². The molecule has 0 radical (unpaired) electrons. The summed E-state index contributed by atoms with van der Waals surface area (Å²) in [6.45, 7) is 6.39. The van der Waals surface area contributed by atoms with Gasteiger partial charge in [0, 0.05) is 18.6 Å². The predicted molar refractivity (Wildman–Crippen MR) is 139 cm³/mol. The number of nitrogens with zero attached hydrogens (tertiary/aromatic N) is 8. The normalized spacial score (nSPS) is 11.8. The number of aromatic amines is 1. The van der Waals surface area contributed by atoms with Gasteiger partial charge in [0.1, 0.15) is 0 Å². The molecule has 5 aromatic rings. The Morgan fingerprint density at radius 1 is 1.05 bits per heavy atom. The zero-order valence-corrected chi connectivity index (χ0v) is 21.5. The van der Waals surface area contributed by atoms with Crippen molar-refractivity contribution >= 4 is 34.1 Å². The second-order valence-electron chi connectivity index (χ2n) is 9.77. The Labute approximate surface area is 215 Å². The van der Waals surface area contributed by atoms with Crippen LogP contribution in [0.1, 0.15) is 37.7 Å². The number of aryl methyl sites for hydroxylation is 1. The van der Waals surface area contributed by atoms with Gasteiger partial charge in [-0.1, -0.05) is 61.9 Å². The van der Waals surface area contributed by atoms with E-state index in [-0.39, 0.29) is 30.3 Å². The summed E-state index contributed by atoms with van der Waals surface area (Å²) < 4.78 is 4.03. The summed E-state index contributed by atoms with van der Waals surface area (Å²) in [4.78, 5) is 30.7. The lowest BCUT2D eigenvalue weighted by Crippen LogP contribution is -2.43. The van der Waals surface area contributed by atoms with E-state index >= 15 is 0 Å². The van der Waals surface area contributed by atoms with E-state index in [1.807, 2.05) is 37.5 Å². The van der Waals surface area contributed by atoms with Crippen LogP contribution in [0.2, 0.25) is 5.02 Å². The molecule has 0 amide bonds. The molecule has 0 saturated heterocycles. The van der Waals surface area contributed by atoms with E-state index < -0.39 is 11.4 Å². The first-order valence-corrected chi connectivity index (χ1v) is 11.9. The Morgan fingerprint density at radius 3 is 2.49 bits per heavy atom. The first-order chi connectivity index (χ1) is 17.6. The van der Waals surface area contributed by atoms with E-state index in [1.54, 1.807) is 16.8 Å². The van der Waals surface area contributed by atoms with Crippen LogP contribution in [0.25, 0.3) is 10.9 Å². The summed E-state index contributed by atoms with van der Waals surface area (Å²) in [5, 5.41) is 22.2. The lowest BCUT2D eigenvalue weighted by Gasteiger charge is -2.20. The fraction of sp³-hybridized carbons (Fsp3) is 0.292. The van der Waals surface area contributed by atoms with Gasteiger partial charge in [-0.3, -0.25) is 9.25 Å². The summed E-state index contributed by atoms with van der Waals surface area (Å²) in [5.41, 5.74) is 1.89. The van der Waals surface area contributed by atoms with Gasteiger partial charge in [0.15, 0.2) is 5.82 Å². The molecule has 2 N–H and O–H groups in total. The minimum absolute atomic E-state index is 0.0108. The van der Waals surface area contributed by atoms with Gasteiger partial charge in [-0.25, -0.2) is 14.2 Å². The Morgan fingerprint density at radius 2 is 1.81 bits per heavy atom. The fourth-order valence-electron chi connectivity index (χ4n) is 3.97. The van der Waals surface area contributed by atoms with E-state index in [2.05, 4.69) is 56.8 Å². The molecule has 0 bridgehead atoms. The quantitative estimate of drug-likeness (QED) is 0.348. The molecule has 0 unspecified atom stereocenters. The molecule has 12 nitrogen and oxygen atoms in total. The molecule has 0 spiro atoms. The van der Waals surface area contributed by atoms with Crippen LogP contribution >= 0.6 is 11.6 Å². The number of aromatic nitrogens is 9. The largest absolute Gasteiger partial charge is 0.355 e. The molecule has 0 atom stereocenters. The third-order valence-corrected chi connectivity index (χ3v) is 6.27. The zero-order valence-electron chi connectivity index (χ0n) is 20.7. The summed E-state index contributed by atoms with van der Waals surface area (Å²) >= 11 is 6.50. The van der Waals surface area contributed by atoms with Crippen LogP contribution in [0.3, 0.4) is 0 Å². The van der Waals surface area contributed by atoms with Gasteiger partial charge in [0.2, 0.25) is 5.95 Å². The topological polar surface area (TPSA) is 141 Å². The van der Waals surface area contributed by atoms with Gasteiger partial charge < -0.3 is 5.32 Å². The lowest BCUT2D eigenvalue weighted by atomic mass is 9.87. The number of nitrogens with one attached hydrogen (secondary N) is 2. The number of anilines is 2. The maximum Gasteiger partial charge on any atom is 0.355 e. The molecule has 3 aromatic heterocycles. The van der Waals surface area contributed by atoms with Gasteiger partial charge in [0.05, 0.1) is 29.3 Å². The Hall–Kier alpha value is -4.32. The summed E-state index contributed by atoms with van der Waals surface area (Å²) in [7, 11) is 1.81. The summed E-state index contributed by atoms with van der Waals surface area (Å²) in [6, 6.07) is 11.5. The minimum Gasteiger partial charge on any atom is -0.324 e. The maximum atomic E-state index is 13.6. The van der Waals surface area contributed by atoms with Crippen LogP contribution in [-0.2, 0) is 25.6 Å². The average Bonchev–Trinajstić information content (AvgIpc) is 3.47. The number of hydrogen-bond donors (Lipinski definition) is 2. The molecule has 2 aromatic carbocycles. The third-order valence-electron chi connectivity index (χ3n) is 5.95. The molecule has 0 aliphatic heterocycles. The number of hydrogen-bond acceptors (Lipinski definition) is 8. The number of halogens is 1. The molecule has 190 valence electrons. The van der Waals surface area contributed by atoms with Crippen molar-refractivity contribution in [2.75, 3.05) is 5.32 Å². The summed E-state index contributed by atoms with van der Waals surface area (Å²) in [6.07, 6.45) is 1.84. The van der Waals surface area contributed by atoms with E-state index in [4.69, 9.17) is 11.6 Å². The zero-order chi connectivity index (χ0) is 26.3. The number of H-pyrrole nitrogens is 1. The first-order valence-electron chi connectivity index (χ1n) is 11.5. The molecular formula is C24H25ClN10O2. The van der Waals surface area contributed by atoms with Crippen molar-refractivity contribution in [2.24, 2.45) is 7.05 Å². The van der Waals surface area contributed by atoms with Crippen molar-refractivity contribution in [1.82, 2.24) is 44.5 Å². The van der Waals surface area contributed by atoms with Crippen molar-refractivity contribution < 1.29 is 0 Å². The lowest BCUT2D eigenvalue weighted by molar-refractivity contribution is 0.575. The van der Waals surface area contributed by atoms with E-state index in [0.717, 1.165) is 21.0 Å². The highest BCUT2D eigenvalue weighted by molar-refractivity contribution is 6.34. The minimum atomic E-state index is -0.754. The second kappa shape index (κ2) is 9.28. The smallest absolute Gasteiger partial charge is 0.324 e. The number of benzene rings is 2. The van der Waals surface area contributed by atoms with Crippen molar-refractivity contribution in [3.8, 4) is 0 Å². The summed E-state index contributed by atoms with van der Waals surface area (Å²) in [5.74, 6) is 0.247. The molecule has 13 heteroatoms. The molecule has 5 rings (SSSR count). The van der Waals surface area contributed by atoms with Crippen LogP contribution in [0.4, 0.5) is 11.6 Å². The highest BCUT2D eigenvalue weighted by Crippen LogP contribution is 2.29. The Bertz CT molecular complexity index is 1690. The fourth-order valence-corrected chi connectivity index (χ4v) is 4.18. The van der Waals surface area contributed by atoms with Crippen LogP contribution < -0.4 is 16.7 Å². The SMILES string of the molecule is Cn1cc2cc(Nc3nc(=O)n(Cc4nn[nH]n4)c(=O)n3Cc3ccc(C(C)(C)C)cc3)c(Cl)cc2n1. The first kappa shape index (κ1) is 24.4. The number of tetrazole rings is 1. The predicted octanol–water partition coefficient (Wildman–Crippen LogP) is 2.60. The van der Waals surface area contributed by atoms with Gasteiger partial charge >= 0.3 is 11.4 Å².